The number of aliphatic hydroxyl groups is 1. The Kier molecular flexibility index (Phi) is 6.53. The summed E-state index contributed by atoms with van der Waals surface area (Å²) in [5, 5.41) is 21.9. The van der Waals surface area contributed by atoms with Gasteiger partial charge in [-0.2, -0.15) is 0 Å². The van der Waals surface area contributed by atoms with Gasteiger partial charge >= 0.3 is 5.97 Å². The van der Waals surface area contributed by atoms with Crippen molar-refractivity contribution in [3.05, 3.63) is 35.4 Å². The van der Waals surface area contributed by atoms with E-state index in [0.29, 0.717) is 6.42 Å². The maximum absolute atomic E-state index is 10.6. The molecule has 1 rings (SSSR count). The molecule has 4 nitrogen and oxygen atoms in total. The third-order valence-corrected chi connectivity index (χ3v) is 3.28. The van der Waals surface area contributed by atoms with Gasteiger partial charge in [-0.25, -0.2) is 0 Å². The van der Waals surface area contributed by atoms with Gasteiger partial charge in [0.1, 0.15) is 0 Å². The fourth-order valence-corrected chi connectivity index (χ4v) is 2.14. The van der Waals surface area contributed by atoms with Crippen molar-refractivity contribution in [1.29, 1.82) is 0 Å². The SMILES string of the molecule is CCCc1ccc(C(O)C(CCC(=O)O)NC)cc1. The number of likely N-dealkylation sites (N-methyl/N-ethyl adjacent to an activating group) is 1. The average molecular weight is 265 g/mol. The summed E-state index contributed by atoms with van der Waals surface area (Å²) in [5.74, 6) is -0.842. The van der Waals surface area contributed by atoms with Gasteiger partial charge < -0.3 is 15.5 Å². The van der Waals surface area contributed by atoms with Crippen LogP contribution in [0.25, 0.3) is 0 Å². The van der Waals surface area contributed by atoms with Gasteiger partial charge in [0, 0.05) is 12.5 Å². The molecule has 2 atom stereocenters. The molecule has 0 aliphatic rings. The summed E-state index contributed by atoms with van der Waals surface area (Å²) in [6.07, 6.45) is 1.91. The van der Waals surface area contributed by atoms with Crippen LogP contribution in [-0.2, 0) is 11.2 Å². The molecule has 19 heavy (non-hydrogen) atoms. The van der Waals surface area contributed by atoms with E-state index >= 15 is 0 Å². The number of hydrogen-bond acceptors (Lipinski definition) is 3. The molecule has 3 N–H and O–H groups in total. The molecule has 0 saturated carbocycles. The van der Waals surface area contributed by atoms with Gasteiger partial charge in [-0.05, 0) is 31.0 Å². The number of carboxylic acid groups (broad SMARTS) is 1. The lowest BCUT2D eigenvalue weighted by Crippen LogP contribution is -2.32. The molecule has 1 aromatic carbocycles. The Balaban J connectivity index is 2.67. The molecule has 0 heterocycles. The molecule has 0 radical (unpaired) electrons. The van der Waals surface area contributed by atoms with Gasteiger partial charge in [-0.1, -0.05) is 37.6 Å². The van der Waals surface area contributed by atoms with E-state index in [1.165, 1.54) is 5.56 Å². The maximum atomic E-state index is 10.6. The molecule has 0 aliphatic heterocycles. The summed E-state index contributed by atoms with van der Waals surface area (Å²) in [5.41, 5.74) is 2.08. The number of carboxylic acids is 1. The molecular formula is C15H23NO3. The first-order valence-electron chi connectivity index (χ1n) is 6.74. The van der Waals surface area contributed by atoms with Crippen molar-refractivity contribution < 1.29 is 15.0 Å². The summed E-state index contributed by atoms with van der Waals surface area (Å²) in [6.45, 7) is 2.13. The van der Waals surface area contributed by atoms with Gasteiger partial charge in [0.25, 0.3) is 0 Å². The molecule has 0 aliphatic carbocycles. The fraction of sp³-hybridized carbons (Fsp3) is 0.533. The Morgan fingerprint density at radius 3 is 2.42 bits per heavy atom. The van der Waals surface area contributed by atoms with Crippen LogP contribution < -0.4 is 5.32 Å². The van der Waals surface area contributed by atoms with Crippen LogP contribution in [0.4, 0.5) is 0 Å². The zero-order valence-electron chi connectivity index (χ0n) is 11.6. The highest BCUT2D eigenvalue weighted by Crippen LogP contribution is 2.20. The lowest BCUT2D eigenvalue weighted by atomic mass is 9.97. The van der Waals surface area contributed by atoms with Gasteiger partial charge in [-0.15, -0.1) is 0 Å². The number of aliphatic hydroxyl groups excluding tert-OH is 1. The fourth-order valence-electron chi connectivity index (χ4n) is 2.14. The van der Waals surface area contributed by atoms with Crippen LogP contribution in [0, 0.1) is 0 Å². The van der Waals surface area contributed by atoms with E-state index in [4.69, 9.17) is 5.11 Å². The van der Waals surface area contributed by atoms with Crippen LogP contribution in [0.1, 0.15) is 43.4 Å². The summed E-state index contributed by atoms with van der Waals surface area (Å²) >= 11 is 0. The number of hydrogen-bond donors (Lipinski definition) is 3. The van der Waals surface area contributed by atoms with Crippen molar-refractivity contribution in [2.24, 2.45) is 0 Å². The number of carbonyl (C=O) groups is 1. The average Bonchev–Trinajstić information content (AvgIpc) is 2.40. The first-order valence-corrected chi connectivity index (χ1v) is 6.74. The van der Waals surface area contributed by atoms with Crippen LogP contribution >= 0.6 is 0 Å². The highest BCUT2D eigenvalue weighted by molar-refractivity contribution is 5.66. The molecule has 0 bridgehead atoms. The highest BCUT2D eigenvalue weighted by Gasteiger charge is 2.19. The minimum Gasteiger partial charge on any atom is -0.481 e. The normalized spacial score (nSPS) is 14.1. The largest absolute Gasteiger partial charge is 0.481 e. The zero-order chi connectivity index (χ0) is 14.3. The summed E-state index contributed by atoms with van der Waals surface area (Å²) in [4.78, 5) is 10.6. The van der Waals surface area contributed by atoms with E-state index in [1.54, 1.807) is 7.05 Å². The Morgan fingerprint density at radius 2 is 1.95 bits per heavy atom. The monoisotopic (exact) mass is 265 g/mol. The van der Waals surface area contributed by atoms with Gasteiger partial charge in [0.15, 0.2) is 0 Å². The van der Waals surface area contributed by atoms with E-state index in [0.717, 1.165) is 18.4 Å². The Labute approximate surface area is 114 Å². The summed E-state index contributed by atoms with van der Waals surface area (Å²) in [7, 11) is 1.74. The Bertz CT molecular complexity index is 389. The van der Waals surface area contributed by atoms with Crippen LogP contribution in [-0.4, -0.2) is 29.3 Å². The van der Waals surface area contributed by atoms with E-state index in [2.05, 4.69) is 12.2 Å². The van der Waals surface area contributed by atoms with Crippen LogP contribution in [0.5, 0.6) is 0 Å². The summed E-state index contributed by atoms with van der Waals surface area (Å²) < 4.78 is 0. The van der Waals surface area contributed by atoms with Crippen molar-refractivity contribution in [2.45, 2.75) is 44.8 Å². The molecule has 0 fully saturated rings. The quantitative estimate of drug-likeness (QED) is 0.673. The summed E-state index contributed by atoms with van der Waals surface area (Å²) in [6, 6.07) is 7.63. The standard InChI is InChI=1S/C15H23NO3/c1-3-4-11-5-7-12(8-6-11)15(19)13(16-2)9-10-14(17)18/h5-8,13,15-16,19H,3-4,9-10H2,1-2H3,(H,17,18). The van der Waals surface area contributed by atoms with E-state index < -0.39 is 12.1 Å². The first kappa shape index (κ1) is 15.7. The van der Waals surface area contributed by atoms with Crippen molar-refractivity contribution >= 4 is 5.97 Å². The first-order chi connectivity index (χ1) is 9.08. The maximum Gasteiger partial charge on any atom is 0.303 e. The highest BCUT2D eigenvalue weighted by atomic mass is 16.4. The molecule has 0 spiro atoms. The van der Waals surface area contributed by atoms with Crippen LogP contribution in [0.2, 0.25) is 0 Å². The van der Waals surface area contributed by atoms with Crippen molar-refractivity contribution in [2.75, 3.05) is 7.05 Å². The molecule has 0 aromatic heterocycles. The van der Waals surface area contributed by atoms with E-state index in [9.17, 15) is 9.90 Å². The Hall–Kier alpha value is -1.39. The second-order valence-electron chi connectivity index (χ2n) is 4.76. The van der Waals surface area contributed by atoms with E-state index in [-0.39, 0.29) is 12.5 Å². The number of aryl methyl sites for hydroxylation is 1. The molecule has 1 aromatic rings. The van der Waals surface area contributed by atoms with Crippen molar-refractivity contribution in [1.82, 2.24) is 5.32 Å². The molecule has 4 heteroatoms. The van der Waals surface area contributed by atoms with Gasteiger partial charge in [0.2, 0.25) is 0 Å². The predicted octanol–water partition coefficient (Wildman–Crippen LogP) is 2.13. The van der Waals surface area contributed by atoms with Gasteiger partial charge in [0.05, 0.1) is 6.10 Å². The smallest absolute Gasteiger partial charge is 0.303 e. The van der Waals surface area contributed by atoms with Crippen LogP contribution in [0.15, 0.2) is 24.3 Å². The lowest BCUT2D eigenvalue weighted by molar-refractivity contribution is -0.137. The minimum absolute atomic E-state index is 0.0521. The Morgan fingerprint density at radius 1 is 1.32 bits per heavy atom. The zero-order valence-corrected chi connectivity index (χ0v) is 11.6. The number of rotatable bonds is 8. The van der Waals surface area contributed by atoms with Gasteiger partial charge in [-0.3, -0.25) is 4.79 Å². The van der Waals surface area contributed by atoms with Crippen molar-refractivity contribution in [3.63, 3.8) is 0 Å². The third-order valence-electron chi connectivity index (χ3n) is 3.28. The van der Waals surface area contributed by atoms with Crippen molar-refractivity contribution in [3.8, 4) is 0 Å². The second-order valence-corrected chi connectivity index (χ2v) is 4.76. The molecule has 106 valence electrons. The number of benzene rings is 1. The van der Waals surface area contributed by atoms with Crippen LogP contribution in [0.3, 0.4) is 0 Å². The molecular weight excluding hydrogens is 242 g/mol. The number of nitrogens with one attached hydrogen (secondary N) is 1. The molecule has 0 amide bonds. The topological polar surface area (TPSA) is 69.6 Å². The number of aliphatic carboxylic acids is 1. The molecule has 2 unspecified atom stereocenters. The minimum atomic E-state index is -0.842. The van der Waals surface area contributed by atoms with E-state index in [1.807, 2.05) is 24.3 Å². The lowest BCUT2D eigenvalue weighted by Gasteiger charge is -2.22. The second kappa shape index (κ2) is 7.92. The predicted molar refractivity (Wildman–Crippen MR) is 75.1 cm³/mol. The molecule has 0 saturated heterocycles. The third kappa shape index (κ3) is 5.01.